The molecule has 0 aliphatic carbocycles. The summed E-state index contributed by atoms with van der Waals surface area (Å²) in [6.45, 7) is 1.09. The molecule has 1 atom stereocenters. The number of benzene rings is 2. The molecule has 1 N–H and O–H groups in total. The number of hydrogen-bond donors (Lipinski definition) is 1. The van der Waals surface area contributed by atoms with E-state index < -0.39 is 6.04 Å². The molecular formula is C24H25N3O3S. The highest BCUT2D eigenvalue weighted by Crippen LogP contribution is 2.24. The van der Waals surface area contributed by atoms with Crippen molar-refractivity contribution >= 4 is 23.2 Å². The van der Waals surface area contributed by atoms with Gasteiger partial charge in [0.25, 0.3) is 5.91 Å². The Balaban J connectivity index is 1.31. The molecule has 1 saturated heterocycles. The van der Waals surface area contributed by atoms with E-state index >= 15 is 0 Å². The van der Waals surface area contributed by atoms with Gasteiger partial charge in [-0.05, 0) is 37.1 Å². The van der Waals surface area contributed by atoms with Gasteiger partial charge in [0.1, 0.15) is 16.8 Å². The van der Waals surface area contributed by atoms with E-state index in [1.165, 1.54) is 0 Å². The minimum atomic E-state index is -0.426. The lowest BCUT2D eigenvalue weighted by Gasteiger charge is -2.24. The van der Waals surface area contributed by atoms with Crippen LogP contribution in [0.15, 0.2) is 60.0 Å². The number of methoxy groups -OCH3 is 1. The Kier molecular flexibility index (Phi) is 6.62. The van der Waals surface area contributed by atoms with Gasteiger partial charge in [0.2, 0.25) is 5.91 Å². The first-order valence-corrected chi connectivity index (χ1v) is 11.3. The third kappa shape index (κ3) is 4.94. The Morgan fingerprint density at radius 2 is 1.94 bits per heavy atom. The molecule has 2 amide bonds. The van der Waals surface area contributed by atoms with Gasteiger partial charge < -0.3 is 15.0 Å². The van der Waals surface area contributed by atoms with Crippen LogP contribution in [0.2, 0.25) is 0 Å². The molecule has 1 aliphatic heterocycles. The Bertz CT molecular complexity index is 1030. The van der Waals surface area contributed by atoms with Crippen LogP contribution in [0.25, 0.3) is 10.6 Å². The summed E-state index contributed by atoms with van der Waals surface area (Å²) in [4.78, 5) is 32.0. The number of aromatic nitrogens is 1. The van der Waals surface area contributed by atoms with E-state index in [0.717, 1.165) is 22.7 Å². The summed E-state index contributed by atoms with van der Waals surface area (Å²) < 4.78 is 5.15. The molecule has 0 bridgehead atoms. The minimum Gasteiger partial charge on any atom is -0.497 e. The molecule has 4 rings (SSSR count). The first kappa shape index (κ1) is 21.1. The van der Waals surface area contributed by atoms with Gasteiger partial charge in [-0.25, -0.2) is 4.98 Å². The van der Waals surface area contributed by atoms with E-state index in [9.17, 15) is 9.59 Å². The Labute approximate surface area is 185 Å². The fourth-order valence-electron chi connectivity index (χ4n) is 3.75. The van der Waals surface area contributed by atoms with Crippen LogP contribution in [0, 0.1) is 0 Å². The molecule has 2 heterocycles. The van der Waals surface area contributed by atoms with Crippen molar-refractivity contribution < 1.29 is 14.3 Å². The number of hydrogen-bond acceptors (Lipinski definition) is 5. The zero-order chi connectivity index (χ0) is 21.6. The minimum absolute atomic E-state index is 0.0992. The topological polar surface area (TPSA) is 71.5 Å². The molecule has 3 aromatic rings. The molecule has 1 unspecified atom stereocenters. The van der Waals surface area contributed by atoms with E-state index in [2.05, 4.69) is 10.3 Å². The zero-order valence-electron chi connectivity index (χ0n) is 17.4. The van der Waals surface area contributed by atoms with Gasteiger partial charge in [0.15, 0.2) is 0 Å². The number of carbonyl (C=O) groups is 2. The number of carbonyl (C=O) groups excluding carboxylic acids is 2. The molecular weight excluding hydrogens is 410 g/mol. The second kappa shape index (κ2) is 9.75. The average Bonchev–Trinajstić information content (AvgIpc) is 3.49. The van der Waals surface area contributed by atoms with Gasteiger partial charge >= 0.3 is 0 Å². The maximum Gasteiger partial charge on any atom is 0.254 e. The van der Waals surface area contributed by atoms with Gasteiger partial charge in [-0.2, -0.15) is 0 Å². The molecule has 1 aromatic heterocycles. The molecule has 0 spiro atoms. The number of rotatable bonds is 7. The van der Waals surface area contributed by atoms with E-state index in [1.54, 1.807) is 47.6 Å². The quantitative estimate of drug-likeness (QED) is 0.613. The second-order valence-electron chi connectivity index (χ2n) is 7.44. The van der Waals surface area contributed by atoms with Gasteiger partial charge in [-0.1, -0.05) is 30.3 Å². The number of amides is 2. The second-order valence-corrected chi connectivity index (χ2v) is 8.29. The van der Waals surface area contributed by atoms with Crippen molar-refractivity contribution in [1.82, 2.24) is 15.2 Å². The maximum absolute atomic E-state index is 12.9. The number of ether oxygens (including phenoxy) is 1. The summed E-state index contributed by atoms with van der Waals surface area (Å²) in [5.74, 6) is 0.481. The lowest BCUT2D eigenvalue weighted by Crippen LogP contribution is -2.46. The Hall–Kier alpha value is -3.19. The van der Waals surface area contributed by atoms with Crippen molar-refractivity contribution in [2.45, 2.75) is 25.3 Å². The van der Waals surface area contributed by atoms with Crippen LogP contribution in [0.5, 0.6) is 5.75 Å². The van der Waals surface area contributed by atoms with Crippen molar-refractivity contribution in [1.29, 1.82) is 0 Å². The molecule has 160 valence electrons. The van der Waals surface area contributed by atoms with Crippen LogP contribution in [-0.4, -0.2) is 47.9 Å². The zero-order valence-corrected chi connectivity index (χ0v) is 18.2. The van der Waals surface area contributed by atoms with E-state index in [-0.39, 0.29) is 11.8 Å². The first-order chi connectivity index (χ1) is 15.2. The summed E-state index contributed by atoms with van der Waals surface area (Å²) in [5, 5.41) is 6.00. The van der Waals surface area contributed by atoms with Crippen molar-refractivity contribution in [3.05, 3.63) is 71.2 Å². The monoisotopic (exact) mass is 435 g/mol. The van der Waals surface area contributed by atoms with Gasteiger partial charge in [-0.3, -0.25) is 9.59 Å². The Morgan fingerprint density at radius 3 is 2.68 bits per heavy atom. The third-order valence-electron chi connectivity index (χ3n) is 5.41. The van der Waals surface area contributed by atoms with Crippen LogP contribution in [0.4, 0.5) is 0 Å². The maximum atomic E-state index is 12.9. The number of nitrogens with zero attached hydrogens (tertiary/aromatic N) is 2. The third-order valence-corrected chi connectivity index (χ3v) is 6.35. The highest BCUT2D eigenvalue weighted by molar-refractivity contribution is 7.13. The highest BCUT2D eigenvalue weighted by atomic mass is 32.1. The largest absolute Gasteiger partial charge is 0.497 e. The standard InChI is InChI=1S/C24H25N3O3S/c1-30-20-11-9-18(10-12-20)24(29)27-15-5-8-21(27)22(28)25-14-13-19-16-31-23(26-19)17-6-3-2-4-7-17/h2-4,6-7,9-12,16,21H,5,8,13-15H2,1H3,(H,25,28). The number of nitrogens with one attached hydrogen (secondary N) is 1. The SMILES string of the molecule is COc1ccc(C(=O)N2CCCC2C(=O)NCCc2csc(-c3ccccc3)n2)cc1. The van der Waals surface area contributed by atoms with Gasteiger partial charge in [-0.15, -0.1) is 11.3 Å². The van der Waals surface area contributed by atoms with Crippen LogP contribution in [0.3, 0.4) is 0 Å². The summed E-state index contributed by atoms with van der Waals surface area (Å²) in [7, 11) is 1.59. The lowest BCUT2D eigenvalue weighted by molar-refractivity contribution is -0.124. The summed E-state index contributed by atoms with van der Waals surface area (Å²) in [6.07, 6.45) is 2.17. The molecule has 31 heavy (non-hydrogen) atoms. The van der Waals surface area contributed by atoms with E-state index in [0.29, 0.717) is 37.2 Å². The van der Waals surface area contributed by atoms with E-state index in [1.807, 2.05) is 35.7 Å². The molecule has 1 fully saturated rings. The molecule has 0 radical (unpaired) electrons. The Morgan fingerprint density at radius 1 is 1.16 bits per heavy atom. The van der Waals surface area contributed by atoms with Crippen molar-refractivity contribution in [3.63, 3.8) is 0 Å². The van der Waals surface area contributed by atoms with Crippen LogP contribution in [-0.2, 0) is 11.2 Å². The summed E-state index contributed by atoms with van der Waals surface area (Å²) in [6, 6.07) is 16.6. The summed E-state index contributed by atoms with van der Waals surface area (Å²) >= 11 is 1.61. The fraction of sp³-hybridized carbons (Fsp3) is 0.292. The van der Waals surface area contributed by atoms with Crippen LogP contribution < -0.4 is 10.1 Å². The molecule has 0 saturated carbocycles. The number of likely N-dealkylation sites (tertiary alicyclic amines) is 1. The lowest BCUT2D eigenvalue weighted by atomic mass is 10.1. The van der Waals surface area contributed by atoms with Gasteiger partial charge in [0, 0.05) is 36.0 Å². The van der Waals surface area contributed by atoms with Crippen molar-refractivity contribution in [3.8, 4) is 16.3 Å². The fourth-order valence-corrected chi connectivity index (χ4v) is 4.61. The first-order valence-electron chi connectivity index (χ1n) is 10.4. The van der Waals surface area contributed by atoms with Crippen molar-refractivity contribution in [2.75, 3.05) is 20.2 Å². The average molecular weight is 436 g/mol. The summed E-state index contributed by atoms with van der Waals surface area (Å²) in [5.41, 5.74) is 2.62. The predicted molar refractivity (Wildman–Crippen MR) is 121 cm³/mol. The smallest absolute Gasteiger partial charge is 0.254 e. The van der Waals surface area contributed by atoms with Crippen LogP contribution >= 0.6 is 11.3 Å². The predicted octanol–water partition coefficient (Wildman–Crippen LogP) is 3.78. The van der Waals surface area contributed by atoms with Crippen LogP contribution in [0.1, 0.15) is 28.9 Å². The molecule has 1 aliphatic rings. The normalized spacial score (nSPS) is 15.6. The molecule has 2 aromatic carbocycles. The molecule has 6 nitrogen and oxygen atoms in total. The van der Waals surface area contributed by atoms with E-state index in [4.69, 9.17) is 4.74 Å². The highest BCUT2D eigenvalue weighted by Gasteiger charge is 2.34. The molecule has 7 heteroatoms. The number of thiazole rings is 1. The van der Waals surface area contributed by atoms with Crippen molar-refractivity contribution in [2.24, 2.45) is 0 Å². The van der Waals surface area contributed by atoms with Gasteiger partial charge in [0.05, 0.1) is 12.8 Å².